The van der Waals surface area contributed by atoms with Crippen molar-refractivity contribution >= 4 is 50.7 Å². The van der Waals surface area contributed by atoms with Gasteiger partial charge in [-0.25, -0.2) is 8.42 Å². The van der Waals surface area contributed by atoms with Crippen molar-refractivity contribution in [1.29, 1.82) is 0 Å². The van der Waals surface area contributed by atoms with E-state index in [0.29, 0.717) is 28.6 Å². The predicted molar refractivity (Wildman–Crippen MR) is 129 cm³/mol. The molecule has 0 aliphatic rings. The predicted octanol–water partition coefficient (Wildman–Crippen LogP) is 5.88. The first kappa shape index (κ1) is 23.2. The van der Waals surface area contributed by atoms with Gasteiger partial charge in [0.1, 0.15) is 0 Å². The molecule has 3 rings (SSSR count). The third kappa shape index (κ3) is 6.75. The Morgan fingerprint density at radius 3 is 2.32 bits per heavy atom. The van der Waals surface area contributed by atoms with E-state index in [1.54, 1.807) is 49.0 Å². The fourth-order valence-electron chi connectivity index (χ4n) is 2.74. The number of carbonyl (C=O) groups is 1. The largest absolute Gasteiger partial charge is 0.326 e. The molecule has 0 bridgehead atoms. The molecule has 1 amide bonds. The molecule has 0 aliphatic heterocycles. The second-order valence-corrected chi connectivity index (χ2v) is 10.3. The highest BCUT2D eigenvalue weighted by molar-refractivity contribution is 7.99. The molecule has 8 heteroatoms. The molecule has 0 unspecified atom stereocenters. The third-order valence-electron chi connectivity index (χ3n) is 4.51. The van der Waals surface area contributed by atoms with Crippen molar-refractivity contribution < 1.29 is 13.2 Å². The van der Waals surface area contributed by atoms with Gasteiger partial charge >= 0.3 is 0 Å². The van der Waals surface area contributed by atoms with Crippen molar-refractivity contribution in [2.45, 2.75) is 30.1 Å². The van der Waals surface area contributed by atoms with Crippen molar-refractivity contribution in [3.8, 4) is 0 Å². The number of sulfonamides is 1. The monoisotopic (exact) mass is 474 g/mol. The Bertz CT molecular complexity index is 1160. The maximum atomic E-state index is 12.7. The van der Waals surface area contributed by atoms with Crippen LogP contribution in [-0.4, -0.2) is 20.1 Å². The number of halogens is 1. The van der Waals surface area contributed by atoms with Crippen LogP contribution < -0.4 is 10.0 Å². The fraction of sp³-hybridized carbons (Fsp3) is 0.174. The van der Waals surface area contributed by atoms with Gasteiger partial charge in [-0.05, 0) is 67.9 Å². The molecule has 0 aliphatic carbocycles. The van der Waals surface area contributed by atoms with Crippen LogP contribution in [0.3, 0.4) is 0 Å². The van der Waals surface area contributed by atoms with Gasteiger partial charge in [0.25, 0.3) is 10.0 Å². The number of rotatable bonds is 8. The SMILES string of the molecule is Cc1ccc(SCCC(=O)Nc2ccc(S(=O)(=O)Nc3cc(Cl)ccc3C)cc2)cc1. The van der Waals surface area contributed by atoms with Crippen molar-refractivity contribution in [1.82, 2.24) is 0 Å². The van der Waals surface area contributed by atoms with Crippen LogP contribution in [0.1, 0.15) is 17.5 Å². The Balaban J connectivity index is 1.55. The van der Waals surface area contributed by atoms with Crippen LogP contribution in [0.25, 0.3) is 0 Å². The van der Waals surface area contributed by atoms with Gasteiger partial charge in [-0.2, -0.15) is 0 Å². The number of aryl methyl sites for hydroxylation is 2. The Morgan fingerprint density at radius 1 is 0.968 bits per heavy atom. The summed E-state index contributed by atoms with van der Waals surface area (Å²) in [6.45, 7) is 3.83. The highest BCUT2D eigenvalue weighted by Crippen LogP contribution is 2.24. The first-order valence-electron chi connectivity index (χ1n) is 9.61. The van der Waals surface area contributed by atoms with Crippen molar-refractivity contribution in [3.63, 3.8) is 0 Å². The fourth-order valence-corrected chi connectivity index (χ4v) is 4.89. The molecule has 3 aromatic carbocycles. The standard InChI is InChI=1S/C23H23ClN2O3S2/c1-16-3-9-20(10-4-16)30-14-13-23(27)25-19-7-11-21(12-8-19)31(28,29)26-22-15-18(24)6-5-17(22)2/h3-12,15,26H,13-14H2,1-2H3,(H,25,27). The maximum absolute atomic E-state index is 12.7. The van der Waals surface area contributed by atoms with Gasteiger partial charge in [0.05, 0.1) is 10.6 Å². The van der Waals surface area contributed by atoms with Crippen LogP contribution in [0.5, 0.6) is 0 Å². The molecule has 0 aromatic heterocycles. The number of benzene rings is 3. The lowest BCUT2D eigenvalue weighted by Crippen LogP contribution is -2.15. The average Bonchev–Trinajstić information content (AvgIpc) is 2.72. The smallest absolute Gasteiger partial charge is 0.261 e. The zero-order valence-corrected chi connectivity index (χ0v) is 19.6. The number of hydrogen-bond donors (Lipinski definition) is 2. The number of amides is 1. The number of nitrogens with one attached hydrogen (secondary N) is 2. The quantitative estimate of drug-likeness (QED) is 0.400. The summed E-state index contributed by atoms with van der Waals surface area (Å²) in [5, 5.41) is 3.24. The Labute approximate surface area is 192 Å². The van der Waals surface area contributed by atoms with E-state index >= 15 is 0 Å². The summed E-state index contributed by atoms with van der Waals surface area (Å²) in [7, 11) is -3.77. The van der Waals surface area contributed by atoms with Crippen LogP contribution in [0.2, 0.25) is 5.02 Å². The van der Waals surface area contributed by atoms with E-state index in [1.807, 2.05) is 31.2 Å². The first-order chi connectivity index (χ1) is 14.7. The molecule has 31 heavy (non-hydrogen) atoms. The Kier molecular flexibility index (Phi) is 7.64. The zero-order chi connectivity index (χ0) is 22.4. The maximum Gasteiger partial charge on any atom is 0.261 e. The molecular weight excluding hydrogens is 452 g/mol. The van der Waals surface area contributed by atoms with Crippen LogP contribution >= 0.6 is 23.4 Å². The lowest BCUT2D eigenvalue weighted by Gasteiger charge is -2.12. The molecule has 0 radical (unpaired) electrons. The molecule has 0 atom stereocenters. The van der Waals surface area contributed by atoms with Gasteiger partial charge in [0, 0.05) is 27.8 Å². The highest BCUT2D eigenvalue weighted by atomic mass is 35.5. The minimum Gasteiger partial charge on any atom is -0.326 e. The summed E-state index contributed by atoms with van der Waals surface area (Å²) in [6.07, 6.45) is 0.355. The summed E-state index contributed by atoms with van der Waals surface area (Å²) in [5.74, 6) is 0.535. The van der Waals surface area contributed by atoms with Gasteiger partial charge in [0.2, 0.25) is 5.91 Å². The molecule has 2 N–H and O–H groups in total. The van der Waals surface area contributed by atoms with E-state index in [9.17, 15) is 13.2 Å². The molecule has 3 aromatic rings. The second-order valence-electron chi connectivity index (χ2n) is 7.05. The number of thioether (sulfide) groups is 1. The van der Waals surface area contributed by atoms with E-state index in [4.69, 9.17) is 11.6 Å². The number of carbonyl (C=O) groups excluding carboxylic acids is 1. The molecule has 0 heterocycles. The zero-order valence-electron chi connectivity index (χ0n) is 17.2. The number of hydrogen-bond acceptors (Lipinski definition) is 4. The summed E-state index contributed by atoms with van der Waals surface area (Å²) in [5.41, 5.74) is 2.94. The van der Waals surface area contributed by atoms with E-state index in [1.165, 1.54) is 17.7 Å². The summed E-state index contributed by atoms with van der Waals surface area (Å²) < 4.78 is 27.9. The average molecular weight is 475 g/mol. The summed E-state index contributed by atoms with van der Waals surface area (Å²) in [6, 6.07) is 19.2. The Hall–Kier alpha value is -2.48. The summed E-state index contributed by atoms with van der Waals surface area (Å²) in [4.78, 5) is 13.4. The van der Waals surface area contributed by atoms with Crippen molar-refractivity contribution in [3.05, 3.63) is 82.9 Å². The van der Waals surface area contributed by atoms with Crippen LogP contribution in [-0.2, 0) is 14.8 Å². The summed E-state index contributed by atoms with van der Waals surface area (Å²) >= 11 is 7.58. The van der Waals surface area contributed by atoms with Crippen LogP contribution in [0.4, 0.5) is 11.4 Å². The molecule has 0 saturated carbocycles. The van der Waals surface area contributed by atoms with E-state index in [0.717, 1.165) is 10.5 Å². The van der Waals surface area contributed by atoms with Crippen LogP contribution in [0.15, 0.2) is 76.5 Å². The highest BCUT2D eigenvalue weighted by Gasteiger charge is 2.16. The Morgan fingerprint density at radius 2 is 1.65 bits per heavy atom. The molecule has 5 nitrogen and oxygen atoms in total. The van der Waals surface area contributed by atoms with E-state index in [-0.39, 0.29) is 10.8 Å². The van der Waals surface area contributed by atoms with Gasteiger partial charge in [0.15, 0.2) is 0 Å². The van der Waals surface area contributed by atoms with Gasteiger partial charge in [-0.1, -0.05) is 35.4 Å². The van der Waals surface area contributed by atoms with Gasteiger partial charge in [-0.3, -0.25) is 9.52 Å². The second kappa shape index (κ2) is 10.2. The van der Waals surface area contributed by atoms with Gasteiger partial charge < -0.3 is 5.32 Å². The lowest BCUT2D eigenvalue weighted by atomic mass is 10.2. The minimum absolute atomic E-state index is 0.0970. The van der Waals surface area contributed by atoms with Crippen molar-refractivity contribution in [2.24, 2.45) is 0 Å². The normalized spacial score (nSPS) is 11.2. The van der Waals surface area contributed by atoms with Crippen LogP contribution in [0, 0.1) is 13.8 Å². The molecule has 0 saturated heterocycles. The molecule has 162 valence electrons. The number of anilines is 2. The molecule has 0 fully saturated rings. The molecular formula is C23H23ClN2O3S2. The van der Waals surface area contributed by atoms with E-state index < -0.39 is 10.0 Å². The third-order valence-corrected chi connectivity index (χ3v) is 7.14. The lowest BCUT2D eigenvalue weighted by molar-refractivity contribution is -0.115. The van der Waals surface area contributed by atoms with Crippen molar-refractivity contribution in [2.75, 3.05) is 15.8 Å². The van der Waals surface area contributed by atoms with Gasteiger partial charge in [-0.15, -0.1) is 11.8 Å². The topological polar surface area (TPSA) is 75.3 Å². The minimum atomic E-state index is -3.77. The van der Waals surface area contributed by atoms with E-state index in [2.05, 4.69) is 10.0 Å². The first-order valence-corrected chi connectivity index (χ1v) is 12.5. The molecule has 0 spiro atoms.